The first kappa shape index (κ1) is 17.8. The lowest BCUT2D eigenvalue weighted by atomic mass is 9.79. The van der Waals surface area contributed by atoms with Gasteiger partial charge in [0.25, 0.3) is 0 Å². The van der Waals surface area contributed by atoms with Crippen LogP contribution in [0.4, 0.5) is 0 Å². The molecular formula is C27H24N2. The number of fused-ring (bicyclic) bond motifs is 1. The molecule has 29 heavy (non-hydrogen) atoms. The molecule has 2 unspecified atom stereocenters. The van der Waals surface area contributed by atoms with Gasteiger partial charge in [-0.2, -0.15) is 0 Å². The van der Waals surface area contributed by atoms with Crippen molar-refractivity contribution in [1.82, 2.24) is 9.97 Å². The molecule has 2 nitrogen and oxygen atoms in total. The molecule has 0 fully saturated rings. The van der Waals surface area contributed by atoms with Gasteiger partial charge in [-0.1, -0.05) is 48.6 Å². The van der Waals surface area contributed by atoms with Crippen molar-refractivity contribution >= 4 is 5.57 Å². The maximum absolute atomic E-state index is 4.25. The van der Waals surface area contributed by atoms with Gasteiger partial charge in [0, 0.05) is 30.7 Å². The van der Waals surface area contributed by atoms with E-state index in [1.165, 1.54) is 33.4 Å². The van der Waals surface area contributed by atoms with Gasteiger partial charge in [-0.15, -0.1) is 0 Å². The van der Waals surface area contributed by atoms with Crippen molar-refractivity contribution in [3.05, 3.63) is 125 Å². The molecule has 0 radical (unpaired) electrons. The SMILES string of the molecule is C1=CCCC(C2=CC(C(Cc3ccncc3)c3ccncc3)c3ccccc32)=C1. The summed E-state index contributed by atoms with van der Waals surface area (Å²) < 4.78 is 0. The molecule has 2 aliphatic rings. The fourth-order valence-electron chi connectivity index (χ4n) is 4.67. The molecule has 3 aromatic rings. The Labute approximate surface area is 172 Å². The van der Waals surface area contributed by atoms with E-state index in [1.54, 1.807) is 0 Å². The highest BCUT2D eigenvalue weighted by molar-refractivity contribution is 5.86. The molecule has 0 saturated carbocycles. The van der Waals surface area contributed by atoms with Crippen molar-refractivity contribution in [2.24, 2.45) is 0 Å². The number of benzene rings is 1. The molecule has 0 aliphatic heterocycles. The quantitative estimate of drug-likeness (QED) is 0.525. The molecule has 0 spiro atoms. The molecule has 0 amide bonds. The Morgan fingerprint density at radius 3 is 2.41 bits per heavy atom. The standard InChI is InChI=1S/C27H24N2/c1-2-6-21(7-3-1)26-19-27(24-9-5-4-8-23(24)26)25(22-12-16-29-17-13-22)18-20-10-14-28-15-11-20/h1-2,4-6,8-17,19,25,27H,3,7,18H2. The topological polar surface area (TPSA) is 25.8 Å². The van der Waals surface area contributed by atoms with Gasteiger partial charge in [-0.3, -0.25) is 9.97 Å². The lowest BCUT2D eigenvalue weighted by Crippen LogP contribution is -2.12. The Balaban J connectivity index is 1.60. The molecule has 2 heteroatoms. The predicted octanol–water partition coefficient (Wildman–Crippen LogP) is 6.26. The van der Waals surface area contributed by atoms with Crippen LogP contribution in [-0.4, -0.2) is 9.97 Å². The van der Waals surface area contributed by atoms with E-state index in [9.17, 15) is 0 Å². The minimum atomic E-state index is 0.351. The highest BCUT2D eigenvalue weighted by Crippen LogP contribution is 2.48. The number of aromatic nitrogens is 2. The number of allylic oxidation sites excluding steroid dienone is 6. The van der Waals surface area contributed by atoms with Gasteiger partial charge in [-0.25, -0.2) is 0 Å². The maximum atomic E-state index is 4.25. The molecule has 0 bridgehead atoms. The van der Waals surface area contributed by atoms with Crippen LogP contribution in [0.2, 0.25) is 0 Å². The Hall–Kier alpha value is -3.26. The lowest BCUT2D eigenvalue weighted by Gasteiger charge is -2.24. The summed E-state index contributed by atoms with van der Waals surface area (Å²) in [5, 5.41) is 0. The first-order valence-electron chi connectivity index (χ1n) is 10.4. The minimum absolute atomic E-state index is 0.351. The Bertz CT molecular complexity index is 1080. The van der Waals surface area contributed by atoms with Gasteiger partial charge >= 0.3 is 0 Å². The average molecular weight is 377 g/mol. The zero-order valence-electron chi connectivity index (χ0n) is 16.4. The summed E-state index contributed by atoms with van der Waals surface area (Å²) in [4.78, 5) is 8.45. The Morgan fingerprint density at radius 2 is 1.66 bits per heavy atom. The fourth-order valence-corrected chi connectivity index (χ4v) is 4.67. The van der Waals surface area contributed by atoms with E-state index in [1.807, 2.05) is 24.8 Å². The number of rotatable bonds is 5. The number of pyridine rings is 2. The summed E-state index contributed by atoms with van der Waals surface area (Å²) in [6.07, 6.45) is 20.1. The van der Waals surface area contributed by atoms with E-state index in [-0.39, 0.29) is 0 Å². The molecule has 0 N–H and O–H groups in total. The second kappa shape index (κ2) is 8.00. The smallest absolute Gasteiger partial charge is 0.0270 e. The van der Waals surface area contributed by atoms with E-state index in [0.29, 0.717) is 11.8 Å². The minimum Gasteiger partial charge on any atom is -0.265 e. The predicted molar refractivity (Wildman–Crippen MR) is 119 cm³/mol. The number of hydrogen-bond donors (Lipinski definition) is 0. The van der Waals surface area contributed by atoms with Crippen LogP contribution < -0.4 is 0 Å². The van der Waals surface area contributed by atoms with Gasteiger partial charge < -0.3 is 0 Å². The molecular weight excluding hydrogens is 352 g/mol. The van der Waals surface area contributed by atoms with E-state index >= 15 is 0 Å². The van der Waals surface area contributed by atoms with Crippen LogP contribution in [-0.2, 0) is 6.42 Å². The summed E-state index contributed by atoms with van der Waals surface area (Å²) in [6.45, 7) is 0. The largest absolute Gasteiger partial charge is 0.265 e. The highest BCUT2D eigenvalue weighted by atomic mass is 14.6. The number of nitrogens with zero attached hydrogens (tertiary/aromatic N) is 2. The lowest BCUT2D eigenvalue weighted by molar-refractivity contribution is 0.619. The van der Waals surface area contributed by atoms with Crippen molar-refractivity contribution in [2.75, 3.05) is 0 Å². The van der Waals surface area contributed by atoms with Gasteiger partial charge in [0.1, 0.15) is 0 Å². The molecule has 2 atom stereocenters. The van der Waals surface area contributed by atoms with Crippen LogP contribution in [0.25, 0.3) is 5.57 Å². The summed E-state index contributed by atoms with van der Waals surface area (Å²) in [5.74, 6) is 0.711. The van der Waals surface area contributed by atoms with E-state index < -0.39 is 0 Å². The summed E-state index contributed by atoms with van der Waals surface area (Å²) in [7, 11) is 0. The van der Waals surface area contributed by atoms with Gasteiger partial charge in [0.05, 0.1) is 0 Å². The van der Waals surface area contributed by atoms with Crippen LogP contribution in [0.3, 0.4) is 0 Å². The molecule has 2 aliphatic carbocycles. The van der Waals surface area contributed by atoms with E-state index in [2.05, 4.69) is 82.8 Å². The monoisotopic (exact) mass is 376 g/mol. The summed E-state index contributed by atoms with van der Waals surface area (Å²) in [5.41, 5.74) is 8.37. The third-order valence-electron chi connectivity index (χ3n) is 6.09. The molecule has 2 heterocycles. The zero-order chi connectivity index (χ0) is 19.5. The first-order valence-corrected chi connectivity index (χ1v) is 10.4. The fraction of sp³-hybridized carbons (Fsp3) is 0.185. The molecule has 5 rings (SSSR count). The summed E-state index contributed by atoms with van der Waals surface area (Å²) in [6, 6.07) is 17.5. The normalized spacial score (nSPS) is 18.7. The van der Waals surface area contributed by atoms with Crippen molar-refractivity contribution in [3.8, 4) is 0 Å². The van der Waals surface area contributed by atoms with Gasteiger partial charge in [0.15, 0.2) is 0 Å². The zero-order valence-corrected chi connectivity index (χ0v) is 16.4. The average Bonchev–Trinajstić information content (AvgIpc) is 3.19. The van der Waals surface area contributed by atoms with Gasteiger partial charge in [-0.05, 0) is 82.8 Å². The molecule has 2 aromatic heterocycles. The highest BCUT2D eigenvalue weighted by Gasteiger charge is 2.31. The number of hydrogen-bond acceptors (Lipinski definition) is 2. The second-order valence-corrected chi connectivity index (χ2v) is 7.80. The van der Waals surface area contributed by atoms with Crippen molar-refractivity contribution < 1.29 is 0 Å². The Kier molecular flexibility index (Phi) is 4.92. The van der Waals surface area contributed by atoms with Crippen LogP contribution >= 0.6 is 0 Å². The maximum Gasteiger partial charge on any atom is 0.0270 e. The van der Waals surface area contributed by atoms with Crippen LogP contribution in [0.1, 0.15) is 46.9 Å². The van der Waals surface area contributed by atoms with Crippen molar-refractivity contribution in [2.45, 2.75) is 31.1 Å². The van der Waals surface area contributed by atoms with Crippen LogP contribution in [0.5, 0.6) is 0 Å². The van der Waals surface area contributed by atoms with Crippen molar-refractivity contribution in [1.29, 1.82) is 0 Å². The third kappa shape index (κ3) is 3.58. The summed E-state index contributed by atoms with van der Waals surface area (Å²) >= 11 is 0. The van der Waals surface area contributed by atoms with Crippen LogP contribution in [0, 0.1) is 0 Å². The molecule has 1 aromatic carbocycles. The van der Waals surface area contributed by atoms with E-state index in [4.69, 9.17) is 0 Å². The van der Waals surface area contributed by atoms with E-state index in [0.717, 1.165) is 19.3 Å². The van der Waals surface area contributed by atoms with Crippen molar-refractivity contribution in [3.63, 3.8) is 0 Å². The first-order chi connectivity index (χ1) is 14.4. The molecule has 0 saturated heterocycles. The van der Waals surface area contributed by atoms with Crippen LogP contribution in [0.15, 0.2) is 103 Å². The second-order valence-electron chi connectivity index (χ2n) is 7.80. The van der Waals surface area contributed by atoms with Gasteiger partial charge in [0.2, 0.25) is 0 Å². The third-order valence-corrected chi connectivity index (χ3v) is 6.09. The molecule has 142 valence electrons. The Morgan fingerprint density at radius 1 is 0.897 bits per heavy atom.